The van der Waals surface area contributed by atoms with Gasteiger partial charge in [0.2, 0.25) is 0 Å². The summed E-state index contributed by atoms with van der Waals surface area (Å²) in [7, 11) is -3.77. The normalized spacial score (nSPS) is 11.1. The van der Waals surface area contributed by atoms with E-state index in [9.17, 15) is 8.42 Å². The van der Waals surface area contributed by atoms with E-state index in [0.29, 0.717) is 5.82 Å². The Kier molecular flexibility index (Phi) is 4.96. The van der Waals surface area contributed by atoms with Gasteiger partial charge in [-0.05, 0) is 31.2 Å². The summed E-state index contributed by atoms with van der Waals surface area (Å²) in [4.78, 5) is 14.3. The standard InChI is InChI=1S/C16H17N7O2S/c1-11-2-4-13(5-3-11)26(24,25)23-22-16-14(17)15(19-10-20-16)21-12-6-8-18-9-7-12/h2-10,23H,17H2,1H3,(H2,18,19,20,21,22). The molecule has 3 aromatic rings. The molecular formula is C16H17N7O2S. The van der Waals surface area contributed by atoms with E-state index in [4.69, 9.17) is 5.73 Å². The first-order valence-corrected chi connectivity index (χ1v) is 9.06. The number of benzene rings is 1. The van der Waals surface area contributed by atoms with Crippen LogP contribution in [0.3, 0.4) is 0 Å². The van der Waals surface area contributed by atoms with Crippen LogP contribution in [0, 0.1) is 6.92 Å². The molecule has 0 amide bonds. The van der Waals surface area contributed by atoms with E-state index < -0.39 is 10.0 Å². The fraction of sp³-hybridized carbons (Fsp3) is 0.0625. The highest BCUT2D eigenvalue weighted by molar-refractivity contribution is 7.89. The molecule has 26 heavy (non-hydrogen) atoms. The average Bonchev–Trinajstić information content (AvgIpc) is 2.64. The van der Waals surface area contributed by atoms with Crippen molar-refractivity contribution in [2.75, 3.05) is 16.5 Å². The second kappa shape index (κ2) is 7.33. The number of anilines is 4. The number of nitrogens with two attached hydrogens (primary N) is 1. The molecule has 0 radical (unpaired) electrons. The van der Waals surface area contributed by atoms with Crippen LogP contribution >= 0.6 is 0 Å². The molecule has 0 spiro atoms. The Labute approximate surface area is 150 Å². The molecule has 134 valence electrons. The number of nitrogens with one attached hydrogen (secondary N) is 3. The molecule has 0 aliphatic carbocycles. The third-order valence-electron chi connectivity index (χ3n) is 3.46. The maximum absolute atomic E-state index is 12.3. The van der Waals surface area contributed by atoms with Crippen molar-refractivity contribution in [3.63, 3.8) is 0 Å². The molecule has 1 aromatic carbocycles. The van der Waals surface area contributed by atoms with Gasteiger partial charge in [-0.1, -0.05) is 17.7 Å². The number of hydrogen-bond acceptors (Lipinski definition) is 8. The van der Waals surface area contributed by atoms with Crippen molar-refractivity contribution in [1.29, 1.82) is 0 Å². The average molecular weight is 371 g/mol. The molecule has 2 heterocycles. The summed E-state index contributed by atoms with van der Waals surface area (Å²) in [6.07, 6.45) is 4.51. The predicted octanol–water partition coefficient (Wildman–Crippen LogP) is 1.81. The molecule has 9 nitrogen and oxygen atoms in total. The van der Waals surface area contributed by atoms with Gasteiger partial charge in [0, 0.05) is 18.1 Å². The predicted molar refractivity (Wildman–Crippen MR) is 99.1 cm³/mol. The molecule has 2 aromatic heterocycles. The van der Waals surface area contributed by atoms with Crippen molar-refractivity contribution < 1.29 is 8.42 Å². The van der Waals surface area contributed by atoms with Gasteiger partial charge in [0.15, 0.2) is 11.6 Å². The van der Waals surface area contributed by atoms with Gasteiger partial charge >= 0.3 is 0 Å². The van der Waals surface area contributed by atoms with Crippen LogP contribution in [-0.2, 0) is 10.0 Å². The summed E-state index contributed by atoms with van der Waals surface area (Å²) in [5.74, 6) is 0.468. The van der Waals surface area contributed by atoms with Crippen LogP contribution in [0.25, 0.3) is 0 Å². The number of nitrogens with zero attached hydrogens (tertiary/aromatic N) is 3. The Morgan fingerprint density at radius 3 is 2.31 bits per heavy atom. The first kappa shape index (κ1) is 17.6. The van der Waals surface area contributed by atoms with E-state index in [1.807, 2.05) is 6.92 Å². The number of nitrogen functional groups attached to an aromatic ring is 1. The van der Waals surface area contributed by atoms with Crippen LogP contribution in [0.5, 0.6) is 0 Å². The molecule has 0 bridgehead atoms. The van der Waals surface area contributed by atoms with Crippen LogP contribution in [-0.4, -0.2) is 23.4 Å². The highest BCUT2D eigenvalue weighted by atomic mass is 32.2. The van der Waals surface area contributed by atoms with Crippen LogP contribution < -0.4 is 21.3 Å². The molecule has 0 aliphatic heterocycles. The summed E-state index contributed by atoms with van der Waals surface area (Å²) in [6.45, 7) is 1.88. The zero-order chi connectivity index (χ0) is 18.6. The smallest absolute Gasteiger partial charge is 0.257 e. The number of sulfonamides is 1. The number of aromatic nitrogens is 3. The topological polar surface area (TPSA) is 135 Å². The molecule has 0 saturated heterocycles. The Hall–Kier alpha value is -3.24. The molecule has 0 fully saturated rings. The largest absolute Gasteiger partial charge is 0.393 e. The molecule has 5 N–H and O–H groups in total. The monoisotopic (exact) mass is 371 g/mol. The fourth-order valence-corrected chi connectivity index (χ4v) is 2.90. The van der Waals surface area contributed by atoms with Gasteiger partial charge in [-0.3, -0.25) is 10.4 Å². The zero-order valence-corrected chi connectivity index (χ0v) is 14.7. The summed E-state index contributed by atoms with van der Waals surface area (Å²) >= 11 is 0. The van der Waals surface area contributed by atoms with Crippen LogP contribution in [0.4, 0.5) is 23.0 Å². The van der Waals surface area contributed by atoms with Gasteiger partial charge in [-0.25, -0.2) is 18.4 Å². The first-order chi connectivity index (χ1) is 12.5. The summed E-state index contributed by atoms with van der Waals surface area (Å²) in [5, 5.41) is 3.01. The minimum absolute atomic E-state index is 0.123. The molecule has 3 rings (SSSR count). The number of pyridine rings is 1. The van der Waals surface area contributed by atoms with E-state index in [1.54, 1.807) is 36.7 Å². The number of aryl methyl sites for hydroxylation is 1. The molecule has 0 unspecified atom stereocenters. The lowest BCUT2D eigenvalue weighted by molar-refractivity contribution is 0.587. The highest BCUT2D eigenvalue weighted by Crippen LogP contribution is 2.25. The molecule has 10 heteroatoms. The van der Waals surface area contributed by atoms with Gasteiger partial charge in [-0.15, -0.1) is 4.83 Å². The Morgan fingerprint density at radius 2 is 1.62 bits per heavy atom. The maximum Gasteiger partial charge on any atom is 0.257 e. The van der Waals surface area contributed by atoms with Crippen molar-refractivity contribution in [1.82, 2.24) is 19.8 Å². The third kappa shape index (κ3) is 4.05. The Bertz CT molecular complexity index is 993. The zero-order valence-electron chi connectivity index (χ0n) is 13.8. The van der Waals surface area contributed by atoms with Gasteiger partial charge in [0.1, 0.15) is 12.0 Å². The minimum Gasteiger partial charge on any atom is -0.393 e. The third-order valence-corrected chi connectivity index (χ3v) is 4.73. The number of hydrazine groups is 1. The lowest BCUT2D eigenvalue weighted by Crippen LogP contribution is -2.30. The second-order valence-electron chi connectivity index (χ2n) is 5.39. The van der Waals surface area contributed by atoms with Crippen LogP contribution in [0.15, 0.2) is 60.0 Å². The summed E-state index contributed by atoms with van der Waals surface area (Å²) in [5.41, 5.74) is 10.4. The molecule has 0 aliphatic rings. The lowest BCUT2D eigenvalue weighted by Gasteiger charge is -2.13. The lowest BCUT2D eigenvalue weighted by atomic mass is 10.2. The Morgan fingerprint density at radius 1 is 0.962 bits per heavy atom. The first-order valence-electron chi connectivity index (χ1n) is 7.58. The summed E-state index contributed by atoms with van der Waals surface area (Å²) in [6, 6.07) is 9.94. The molecular weight excluding hydrogens is 354 g/mol. The van der Waals surface area contributed by atoms with E-state index in [2.05, 4.69) is 30.5 Å². The second-order valence-corrected chi connectivity index (χ2v) is 7.07. The van der Waals surface area contributed by atoms with Gasteiger partial charge in [0.05, 0.1) is 4.90 Å². The number of rotatable bonds is 6. The van der Waals surface area contributed by atoms with Crippen molar-refractivity contribution in [3.8, 4) is 0 Å². The van der Waals surface area contributed by atoms with Crippen molar-refractivity contribution in [2.45, 2.75) is 11.8 Å². The van der Waals surface area contributed by atoms with Gasteiger partial charge in [-0.2, -0.15) is 0 Å². The molecule has 0 saturated carbocycles. The van der Waals surface area contributed by atoms with E-state index >= 15 is 0 Å². The SMILES string of the molecule is Cc1ccc(S(=O)(=O)NNc2ncnc(Nc3ccncc3)c2N)cc1. The highest BCUT2D eigenvalue weighted by Gasteiger charge is 2.15. The quantitative estimate of drug-likeness (QED) is 0.482. The van der Waals surface area contributed by atoms with E-state index in [0.717, 1.165) is 11.3 Å². The maximum atomic E-state index is 12.3. The van der Waals surface area contributed by atoms with Gasteiger partial charge in [0.25, 0.3) is 10.0 Å². The van der Waals surface area contributed by atoms with Crippen LogP contribution in [0.2, 0.25) is 0 Å². The minimum atomic E-state index is -3.77. The summed E-state index contributed by atoms with van der Waals surface area (Å²) < 4.78 is 24.6. The molecule has 0 atom stereocenters. The van der Waals surface area contributed by atoms with Crippen LogP contribution in [0.1, 0.15) is 5.56 Å². The van der Waals surface area contributed by atoms with Crippen molar-refractivity contribution in [3.05, 3.63) is 60.7 Å². The van der Waals surface area contributed by atoms with Gasteiger partial charge < -0.3 is 11.1 Å². The fourth-order valence-electron chi connectivity index (χ4n) is 2.06. The van der Waals surface area contributed by atoms with Crippen molar-refractivity contribution >= 4 is 33.0 Å². The van der Waals surface area contributed by atoms with Crippen molar-refractivity contribution in [2.24, 2.45) is 0 Å². The number of hydrogen-bond donors (Lipinski definition) is 4. The Balaban J connectivity index is 1.76. The van der Waals surface area contributed by atoms with E-state index in [-0.39, 0.29) is 16.4 Å². The van der Waals surface area contributed by atoms with E-state index in [1.165, 1.54) is 18.5 Å².